The number of pyridine rings is 2. The van der Waals surface area contributed by atoms with Crippen LogP contribution in [0.5, 0.6) is 5.88 Å². The molecule has 3 aromatic heterocycles. The first-order valence-electron chi connectivity index (χ1n) is 10.5. The van der Waals surface area contributed by atoms with Crippen LogP contribution in [-0.2, 0) is 4.79 Å². The van der Waals surface area contributed by atoms with E-state index < -0.39 is 12.1 Å². The van der Waals surface area contributed by atoms with Crippen molar-refractivity contribution >= 4 is 22.7 Å². The number of methoxy groups -OCH3 is 1. The number of carbonyl (C=O) groups is 1. The lowest BCUT2D eigenvalue weighted by Crippen LogP contribution is -2.46. The Labute approximate surface area is 198 Å². The summed E-state index contributed by atoms with van der Waals surface area (Å²) in [6.07, 6.45) is 0.185. The molecule has 1 aliphatic heterocycles. The summed E-state index contributed by atoms with van der Waals surface area (Å²) in [7, 11) is 1.61. The predicted octanol–water partition coefficient (Wildman–Crippen LogP) is 4.33. The fraction of sp³-hybridized carbons (Fsp3) is 0.208. The molecule has 180 valence electrons. The maximum atomic E-state index is 10.6. The second kappa shape index (κ2) is 9.92. The van der Waals surface area contributed by atoms with Gasteiger partial charge in [0.1, 0.15) is 5.82 Å². The summed E-state index contributed by atoms with van der Waals surface area (Å²) >= 11 is 0. The molecule has 0 amide bonds. The summed E-state index contributed by atoms with van der Waals surface area (Å²) < 4.78 is 36.9. The number of hydrogen-bond acceptors (Lipinski definition) is 7. The van der Waals surface area contributed by atoms with Gasteiger partial charge in [0.15, 0.2) is 0 Å². The van der Waals surface area contributed by atoms with Crippen LogP contribution in [-0.4, -0.2) is 57.4 Å². The Bertz CT molecular complexity index is 1330. The van der Waals surface area contributed by atoms with Gasteiger partial charge >= 0.3 is 12.1 Å². The molecule has 0 radical (unpaired) electrons. The van der Waals surface area contributed by atoms with E-state index in [0.717, 1.165) is 46.8 Å². The van der Waals surface area contributed by atoms with Gasteiger partial charge in [0.2, 0.25) is 5.88 Å². The zero-order valence-electron chi connectivity index (χ0n) is 18.5. The Kier molecular flexibility index (Phi) is 6.76. The Morgan fingerprint density at radius 1 is 1.03 bits per heavy atom. The third-order valence-corrected chi connectivity index (χ3v) is 5.36. The molecule has 0 saturated carbocycles. The fourth-order valence-electron chi connectivity index (χ4n) is 3.58. The van der Waals surface area contributed by atoms with Crippen LogP contribution in [0.25, 0.3) is 22.2 Å². The minimum absolute atomic E-state index is 0.319. The van der Waals surface area contributed by atoms with Crippen LogP contribution in [0.3, 0.4) is 0 Å². The number of nitrogens with zero attached hydrogens (tertiary/aromatic N) is 5. The monoisotopic (exact) mass is 483 g/mol. The average molecular weight is 483 g/mol. The number of ether oxygens (including phenoxy) is 1. The Morgan fingerprint density at radius 2 is 1.74 bits per heavy atom. The van der Waals surface area contributed by atoms with E-state index in [-0.39, 0.29) is 0 Å². The lowest BCUT2D eigenvalue weighted by molar-refractivity contribution is -0.192. The number of carboxylic acids is 1. The molecule has 1 fully saturated rings. The fourth-order valence-corrected chi connectivity index (χ4v) is 3.58. The van der Waals surface area contributed by atoms with E-state index in [9.17, 15) is 13.2 Å². The SMILES string of the molecule is COc1ccc(-c2nccnc2C2CN(c3ccc4ccccc4n3)C2)cn1.O=C(O)C(F)(F)F. The number of fused-ring (bicyclic) bond motifs is 1. The van der Waals surface area contributed by atoms with Crippen molar-refractivity contribution in [2.24, 2.45) is 0 Å². The molecule has 1 aromatic carbocycles. The van der Waals surface area contributed by atoms with Crippen molar-refractivity contribution in [1.82, 2.24) is 19.9 Å². The minimum atomic E-state index is -5.08. The molecule has 0 unspecified atom stereocenters. The lowest BCUT2D eigenvalue weighted by Gasteiger charge is -2.40. The van der Waals surface area contributed by atoms with Gasteiger partial charge < -0.3 is 14.7 Å². The van der Waals surface area contributed by atoms with Gasteiger partial charge in [-0.2, -0.15) is 13.2 Å². The van der Waals surface area contributed by atoms with Crippen LogP contribution in [0.4, 0.5) is 19.0 Å². The summed E-state index contributed by atoms with van der Waals surface area (Å²) in [6.45, 7) is 1.75. The Morgan fingerprint density at radius 3 is 2.40 bits per heavy atom. The van der Waals surface area contributed by atoms with Crippen molar-refractivity contribution in [1.29, 1.82) is 0 Å². The van der Waals surface area contributed by atoms with Crippen molar-refractivity contribution in [3.63, 3.8) is 0 Å². The molecule has 0 aliphatic carbocycles. The van der Waals surface area contributed by atoms with E-state index in [2.05, 4.69) is 38.1 Å². The van der Waals surface area contributed by atoms with Crippen molar-refractivity contribution in [3.8, 4) is 17.1 Å². The highest BCUT2D eigenvalue weighted by molar-refractivity contribution is 5.80. The van der Waals surface area contributed by atoms with Crippen molar-refractivity contribution in [2.45, 2.75) is 12.1 Å². The van der Waals surface area contributed by atoms with E-state index in [1.807, 2.05) is 30.3 Å². The molecule has 4 aromatic rings. The summed E-state index contributed by atoms with van der Waals surface area (Å²) in [4.78, 5) is 29.5. The van der Waals surface area contributed by atoms with Gasteiger partial charge in [-0.25, -0.2) is 14.8 Å². The first-order chi connectivity index (χ1) is 16.8. The van der Waals surface area contributed by atoms with Crippen molar-refractivity contribution in [2.75, 3.05) is 25.1 Å². The third-order valence-electron chi connectivity index (χ3n) is 5.36. The Balaban J connectivity index is 0.000000364. The molecule has 1 N–H and O–H groups in total. The largest absolute Gasteiger partial charge is 0.490 e. The number of carboxylic acid groups (broad SMARTS) is 1. The third kappa shape index (κ3) is 5.45. The average Bonchev–Trinajstić information content (AvgIpc) is 2.83. The number of alkyl halides is 3. The summed E-state index contributed by atoms with van der Waals surface area (Å²) in [5.41, 5.74) is 3.86. The van der Waals surface area contributed by atoms with Gasteiger partial charge in [-0.05, 0) is 24.3 Å². The number of halogens is 3. The second-order valence-electron chi connectivity index (χ2n) is 7.65. The lowest BCUT2D eigenvalue weighted by atomic mass is 9.92. The molecular formula is C24H20F3N5O3. The van der Waals surface area contributed by atoms with Crippen LogP contribution >= 0.6 is 0 Å². The van der Waals surface area contributed by atoms with Crippen LogP contribution in [0.2, 0.25) is 0 Å². The summed E-state index contributed by atoms with van der Waals surface area (Å²) in [5.74, 6) is -0.843. The number of benzene rings is 1. The minimum Gasteiger partial charge on any atom is -0.481 e. The molecule has 0 spiro atoms. The maximum Gasteiger partial charge on any atom is 0.490 e. The van der Waals surface area contributed by atoms with E-state index in [1.54, 1.807) is 25.7 Å². The van der Waals surface area contributed by atoms with Gasteiger partial charge in [-0.3, -0.25) is 9.97 Å². The molecule has 11 heteroatoms. The van der Waals surface area contributed by atoms with E-state index in [4.69, 9.17) is 19.6 Å². The molecular weight excluding hydrogens is 463 g/mol. The maximum absolute atomic E-state index is 10.6. The zero-order valence-corrected chi connectivity index (χ0v) is 18.5. The number of aromatic nitrogens is 4. The highest BCUT2D eigenvalue weighted by Gasteiger charge is 2.38. The van der Waals surface area contributed by atoms with Crippen molar-refractivity contribution in [3.05, 3.63) is 72.8 Å². The molecule has 35 heavy (non-hydrogen) atoms. The van der Waals surface area contributed by atoms with E-state index in [1.165, 1.54) is 0 Å². The first kappa shape index (κ1) is 23.9. The number of aliphatic carboxylic acids is 1. The molecule has 0 bridgehead atoms. The van der Waals surface area contributed by atoms with Gasteiger partial charge in [0.25, 0.3) is 0 Å². The second-order valence-corrected chi connectivity index (χ2v) is 7.65. The smallest absolute Gasteiger partial charge is 0.481 e. The summed E-state index contributed by atoms with van der Waals surface area (Å²) in [5, 5.41) is 8.28. The number of anilines is 1. The van der Waals surface area contributed by atoms with Gasteiger partial charge in [-0.1, -0.05) is 18.2 Å². The molecule has 1 saturated heterocycles. The predicted molar refractivity (Wildman–Crippen MR) is 122 cm³/mol. The molecule has 8 nitrogen and oxygen atoms in total. The van der Waals surface area contributed by atoms with Crippen LogP contribution in [0.1, 0.15) is 11.6 Å². The topological polar surface area (TPSA) is 101 Å². The molecule has 5 rings (SSSR count). The van der Waals surface area contributed by atoms with E-state index in [0.29, 0.717) is 11.8 Å². The van der Waals surface area contributed by atoms with Gasteiger partial charge in [0, 0.05) is 54.6 Å². The van der Waals surface area contributed by atoms with E-state index >= 15 is 0 Å². The zero-order chi connectivity index (χ0) is 25.0. The van der Waals surface area contributed by atoms with Crippen LogP contribution in [0.15, 0.2) is 67.1 Å². The number of hydrogen-bond donors (Lipinski definition) is 1. The quantitative estimate of drug-likeness (QED) is 0.458. The molecule has 1 aliphatic rings. The number of rotatable bonds is 4. The summed E-state index contributed by atoms with van der Waals surface area (Å²) in [6, 6.07) is 16.2. The standard InChI is InChI=1S/C22H19N5O.C2HF3O2/c1-28-20-9-7-16(12-25-20)21-22(24-11-10-23-21)17-13-27(14-17)19-8-6-15-4-2-3-5-18(15)26-19;3-2(4,5)1(6)7/h2-12,17H,13-14H2,1H3;(H,6,7). The molecule has 0 atom stereocenters. The highest BCUT2D eigenvalue weighted by atomic mass is 19.4. The number of para-hydroxylation sites is 1. The van der Waals surface area contributed by atoms with Crippen molar-refractivity contribution < 1.29 is 27.8 Å². The van der Waals surface area contributed by atoms with Gasteiger partial charge in [0.05, 0.1) is 24.0 Å². The highest BCUT2D eigenvalue weighted by Crippen LogP contribution is 2.34. The first-order valence-corrected chi connectivity index (χ1v) is 10.5. The normalized spacial score (nSPS) is 13.5. The molecule has 4 heterocycles. The van der Waals surface area contributed by atoms with Crippen LogP contribution in [0, 0.1) is 0 Å². The van der Waals surface area contributed by atoms with Gasteiger partial charge in [-0.15, -0.1) is 0 Å². The Hall–Kier alpha value is -4.28. The van der Waals surface area contributed by atoms with Crippen LogP contribution < -0.4 is 9.64 Å².